The summed E-state index contributed by atoms with van der Waals surface area (Å²) in [5.41, 5.74) is 6.15. The maximum Gasteiger partial charge on any atom is 0.418 e. The minimum absolute atomic E-state index is 0.0609. The van der Waals surface area contributed by atoms with Crippen LogP contribution in [0.4, 0.5) is 18.9 Å². The topological polar surface area (TPSA) is 59.2 Å². The zero-order chi connectivity index (χ0) is 15.6. The van der Waals surface area contributed by atoms with Crippen LogP contribution in [0.3, 0.4) is 0 Å². The fourth-order valence-corrected chi connectivity index (χ4v) is 2.34. The first-order valence-electron chi connectivity index (χ1n) is 5.88. The average Bonchev–Trinajstić information content (AvgIpc) is 2.90. The summed E-state index contributed by atoms with van der Waals surface area (Å²) in [5.74, 6) is -0.520. The highest BCUT2D eigenvalue weighted by molar-refractivity contribution is 7.07. The molecule has 0 radical (unpaired) electrons. The van der Waals surface area contributed by atoms with Gasteiger partial charge in [-0.2, -0.15) is 13.2 Å². The van der Waals surface area contributed by atoms with Crippen LogP contribution in [0.5, 0.6) is 0 Å². The monoisotopic (exact) mass is 315 g/mol. The number of amides is 1. The lowest BCUT2D eigenvalue weighted by Gasteiger charge is -2.17. The van der Waals surface area contributed by atoms with Gasteiger partial charge in [0.25, 0.3) is 5.91 Å². The number of rotatable bonds is 3. The van der Waals surface area contributed by atoms with Crippen molar-refractivity contribution in [1.82, 2.24) is 9.88 Å². The van der Waals surface area contributed by atoms with Gasteiger partial charge in [0, 0.05) is 23.7 Å². The van der Waals surface area contributed by atoms with Crippen LogP contribution >= 0.6 is 11.3 Å². The highest BCUT2D eigenvalue weighted by Crippen LogP contribution is 2.34. The number of aromatic nitrogens is 1. The Bertz CT molecular complexity index is 641. The first-order valence-corrected chi connectivity index (χ1v) is 6.82. The summed E-state index contributed by atoms with van der Waals surface area (Å²) in [7, 11) is 1.51. The van der Waals surface area contributed by atoms with E-state index in [2.05, 4.69) is 4.98 Å². The third-order valence-corrected chi connectivity index (χ3v) is 3.47. The molecule has 2 rings (SSSR count). The third kappa shape index (κ3) is 3.52. The van der Waals surface area contributed by atoms with E-state index in [9.17, 15) is 18.0 Å². The Kier molecular flexibility index (Phi) is 4.17. The second-order valence-electron chi connectivity index (χ2n) is 4.44. The van der Waals surface area contributed by atoms with Gasteiger partial charge >= 0.3 is 6.18 Å². The predicted molar refractivity (Wildman–Crippen MR) is 73.8 cm³/mol. The number of benzene rings is 1. The number of nitrogens with zero attached hydrogens (tertiary/aromatic N) is 2. The van der Waals surface area contributed by atoms with Gasteiger partial charge in [0.1, 0.15) is 0 Å². The number of carbonyl (C=O) groups excluding carboxylic acids is 1. The van der Waals surface area contributed by atoms with Gasteiger partial charge in [0.05, 0.1) is 23.3 Å². The van der Waals surface area contributed by atoms with Gasteiger partial charge in [0.15, 0.2) is 0 Å². The minimum atomic E-state index is -4.59. The largest absolute Gasteiger partial charge is 0.418 e. The van der Waals surface area contributed by atoms with Crippen LogP contribution in [0.2, 0.25) is 0 Å². The van der Waals surface area contributed by atoms with Crippen molar-refractivity contribution >= 4 is 22.9 Å². The number of alkyl halides is 3. The summed E-state index contributed by atoms with van der Waals surface area (Å²) in [6, 6.07) is 3.15. The maximum atomic E-state index is 12.8. The van der Waals surface area contributed by atoms with E-state index in [1.807, 2.05) is 0 Å². The molecule has 0 atom stereocenters. The van der Waals surface area contributed by atoms with Crippen LogP contribution in [0.25, 0.3) is 0 Å². The van der Waals surface area contributed by atoms with E-state index in [0.29, 0.717) is 5.69 Å². The van der Waals surface area contributed by atoms with Gasteiger partial charge in [-0.15, -0.1) is 11.3 Å². The van der Waals surface area contributed by atoms with E-state index in [4.69, 9.17) is 5.73 Å². The number of nitrogens with two attached hydrogens (primary N) is 1. The van der Waals surface area contributed by atoms with Crippen LogP contribution in [-0.4, -0.2) is 22.8 Å². The van der Waals surface area contributed by atoms with Gasteiger partial charge in [-0.1, -0.05) is 0 Å². The zero-order valence-corrected chi connectivity index (χ0v) is 11.8. The van der Waals surface area contributed by atoms with E-state index in [0.717, 1.165) is 12.1 Å². The van der Waals surface area contributed by atoms with Crippen LogP contribution in [0.15, 0.2) is 29.1 Å². The molecule has 0 saturated heterocycles. The summed E-state index contributed by atoms with van der Waals surface area (Å²) in [6.45, 7) is 0.230. The standard InChI is InChI=1S/C13H12F3N3OS/c1-19(5-9-6-21-7-18-9)12(20)8-2-3-11(17)10(4-8)13(14,15)16/h2-4,6-7H,5,17H2,1H3. The molecule has 0 saturated carbocycles. The second kappa shape index (κ2) is 5.72. The van der Waals surface area contributed by atoms with Crippen LogP contribution in [-0.2, 0) is 12.7 Å². The number of anilines is 1. The quantitative estimate of drug-likeness (QED) is 0.886. The molecule has 0 aliphatic rings. The molecular weight excluding hydrogens is 303 g/mol. The van der Waals surface area contributed by atoms with Crippen molar-refractivity contribution in [3.8, 4) is 0 Å². The van der Waals surface area contributed by atoms with E-state index in [1.165, 1.54) is 29.4 Å². The highest BCUT2D eigenvalue weighted by Gasteiger charge is 2.33. The number of thiazole rings is 1. The molecule has 0 aliphatic heterocycles. The average molecular weight is 315 g/mol. The van der Waals surface area contributed by atoms with Gasteiger partial charge in [-0.05, 0) is 18.2 Å². The number of nitrogen functional groups attached to an aromatic ring is 1. The molecule has 0 aliphatic carbocycles. The fourth-order valence-electron chi connectivity index (χ4n) is 1.79. The fraction of sp³-hybridized carbons (Fsp3) is 0.231. The van der Waals surface area contributed by atoms with Crippen LogP contribution in [0, 0.1) is 0 Å². The molecule has 1 amide bonds. The van der Waals surface area contributed by atoms with E-state index in [-0.39, 0.29) is 12.1 Å². The second-order valence-corrected chi connectivity index (χ2v) is 5.16. The highest BCUT2D eigenvalue weighted by atomic mass is 32.1. The minimum Gasteiger partial charge on any atom is -0.398 e. The van der Waals surface area contributed by atoms with Crippen molar-refractivity contribution in [2.75, 3.05) is 12.8 Å². The SMILES string of the molecule is CN(Cc1cscn1)C(=O)c1ccc(N)c(C(F)(F)F)c1. The Morgan fingerprint density at radius 2 is 2.14 bits per heavy atom. The number of halogens is 3. The lowest BCUT2D eigenvalue weighted by molar-refractivity contribution is -0.136. The lowest BCUT2D eigenvalue weighted by Crippen LogP contribution is -2.26. The Labute approximate surface area is 123 Å². The summed E-state index contributed by atoms with van der Waals surface area (Å²) < 4.78 is 38.4. The summed E-state index contributed by atoms with van der Waals surface area (Å²) in [4.78, 5) is 17.5. The maximum absolute atomic E-state index is 12.8. The normalized spacial score (nSPS) is 11.4. The Morgan fingerprint density at radius 3 is 2.71 bits per heavy atom. The van der Waals surface area contributed by atoms with Gasteiger partial charge in [0.2, 0.25) is 0 Å². The third-order valence-electron chi connectivity index (χ3n) is 2.83. The smallest absolute Gasteiger partial charge is 0.398 e. The molecule has 2 aromatic rings. The molecule has 0 fully saturated rings. The van der Waals surface area contributed by atoms with Crippen LogP contribution in [0.1, 0.15) is 21.6 Å². The van der Waals surface area contributed by atoms with Crippen LogP contribution < -0.4 is 5.73 Å². The molecule has 1 aromatic carbocycles. The van der Waals surface area contributed by atoms with Crippen molar-refractivity contribution in [3.05, 3.63) is 45.9 Å². The number of hydrogen-bond acceptors (Lipinski definition) is 4. The molecule has 2 N–H and O–H groups in total. The lowest BCUT2D eigenvalue weighted by atomic mass is 10.1. The van der Waals surface area contributed by atoms with Gasteiger partial charge in [-0.25, -0.2) is 4.98 Å². The molecule has 8 heteroatoms. The Balaban J connectivity index is 2.23. The van der Waals surface area contributed by atoms with Crippen molar-refractivity contribution in [3.63, 3.8) is 0 Å². The Hall–Kier alpha value is -2.09. The van der Waals surface area contributed by atoms with Crippen molar-refractivity contribution in [2.45, 2.75) is 12.7 Å². The first kappa shape index (κ1) is 15.3. The Morgan fingerprint density at radius 1 is 1.43 bits per heavy atom. The zero-order valence-electron chi connectivity index (χ0n) is 11.0. The number of hydrogen-bond donors (Lipinski definition) is 1. The predicted octanol–water partition coefficient (Wildman–Crippen LogP) is 3.02. The van der Waals surface area contributed by atoms with E-state index >= 15 is 0 Å². The molecule has 4 nitrogen and oxygen atoms in total. The molecule has 0 bridgehead atoms. The van der Waals surface area contributed by atoms with Crippen molar-refractivity contribution < 1.29 is 18.0 Å². The molecule has 21 heavy (non-hydrogen) atoms. The molecule has 1 heterocycles. The molecule has 1 aromatic heterocycles. The molecule has 112 valence electrons. The van der Waals surface area contributed by atoms with E-state index < -0.39 is 23.3 Å². The number of carbonyl (C=O) groups is 1. The molecule has 0 spiro atoms. The van der Waals surface area contributed by atoms with Gasteiger partial charge in [-0.3, -0.25) is 4.79 Å². The van der Waals surface area contributed by atoms with Crippen molar-refractivity contribution in [1.29, 1.82) is 0 Å². The summed E-state index contributed by atoms with van der Waals surface area (Å²) in [6.07, 6.45) is -4.59. The summed E-state index contributed by atoms with van der Waals surface area (Å²) >= 11 is 1.38. The molecular formula is C13H12F3N3OS. The first-order chi connectivity index (χ1) is 9.79. The van der Waals surface area contributed by atoms with Gasteiger partial charge < -0.3 is 10.6 Å². The van der Waals surface area contributed by atoms with Crippen molar-refractivity contribution in [2.24, 2.45) is 0 Å². The van der Waals surface area contributed by atoms with E-state index in [1.54, 1.807) is 10.9 Å². The summed E-state index contributed by atoms with van der Waals surface area (Å²) in [5, 5.41) is 1.77. The molecule has 0 unspecified atom stereocenters.